The van der Waals surface area contributed by atoms with E-state index in [-0.39, 0.29) is 11.6 Å². The van der Waals surface area contributed by atoms with E-state index < -0.39 is 5.41 Å². The lowest BCUT2D eigenvalue weighted by atomic mass is 9.68. The third-order valence-corrected chi connectivity index (χ3v) is 3.87. The number of hydrogen-bond donors (Lipinski definition) is 0. The Bertz CT molecular complexity index is 503. The molecule has 0 bridgehead atoms. The van der Waals surface area contributed by atoms with E-state index in [9.17, 15) is 9.59 Å². The molecule has 0 spiro atoms. The molecule has 2 rings (SSSR count). The van der Waals surface area contributed by atoms with Crippen LogP contribution in [0.15, 0.2) is 18.2 Å². The number of ether oxygens (including phenoxy) is 2. The second-order valence-corrected chi connectivity index (χ2v) is 4.89. The van der Waals surface area contributed by atoms with Gasteiger partial charge in [0.2, 0.25) is 0 Å². The maximum Gasteiger partial charge on any atom is 0.150 e. The van der Waals surface area contributed by atoms with E-state index in [0.717, 1.165) is 0 Å². The summed E-state index contributed by atoms with van der Waals surface area (Å²) in [7, 11) is 3.09. The van der Waals surface area contributed by atoms with Gasteiger partial charge in [0.05, 0.1) is 14.2 Å². The summed E-state index contributed by atoms with van der Waals surface area (Å²) in [5.41, 5.74) is -0.512. The summed E-state index contributed by atoms with van der Waals surface area (Å²) in [5, 5.41) is 0. The maximum atomic E-state index is 12.3. The predicted octanol–water partition coefficient (Wildman–Crippen LogP) is 2.28. The third kappa shape index (κ3) is 2.11. The van der Waals surface area contributed by atoms with Gasteiger partial charge in [-0.25, -0.2) is 0 Å². The topological polar surface area (TPSA) is 52.6 Å². The molecule has 0 aromatic heterocycles. The Balaban J connectivity index is 2.60. The van der Waals surface area contributed by atoms with Crippen LogP contribution in [0, 0.1) is 0 Å². The van der Waals surface area contributed by atoms with E-state index in [1.54, 1.807) is 32.2 Å². The summed E-state index contributed by atoms with van der Waals surface area (Å²) in [4.78, 5) is 24.6. The maximum absolute atomic E-state index is 12.3. The van der Waals surface area contributed by atoms with Crippen molar-refractivity contribution < 1.29 is 19.1 Å². The normalized spacial score (nSPS) is 18.3. The summed E-state index contributed by atoms with van der Waals surface area (Å²) in [6.45, 7) is 1.69. The Morgan fingerprint density at radius 1 is 1.05 bits per heavy atom. The molecular weight excluding hydrogens is 244 g/mol. The zero-order chi connectivity index (χ0) is 14.0. The molecule has 0 N–H and O–H groups in total. The van der Waals surface area contributed by atoms with E-state index in [4.69, 9.17) is 9.47 Å². The zero-order valence-electron chi connectivity index (χ0n) is 11.5. The van der Waals surface area contributed by atoms with Crippen molar-refractivity contribution in [3.05, 3.63) is 23.8 Å². The fraction of sp³-hybridized carbons (Fsp3) is 0.467. The summed E-state index contributed by atoms with van der Waals surface area (Å²) in [6.07, 6.45) is 1.50. The molecular formula is C15H18O4. The molecule has 0 aliphatic heterocycles. The van der Waals surface area contributed by atoms with Crippen LogP contribution in [0.5, 0.6) is 11.5 Å². The standard InChI is InChI=1S/C15H18O4/c1-15(13(16)5-4-6-14(15)17)11-9-10(18-2)7-8-12(11)19-3/h7-9H,4-6H2,1-3H3. The van der Waals surface area contributed by atoms with Crippen molar-refractivity contribution >= 4 is 11.6 Å². The summed E-state index contributed by atoms with van der Waals surface area (Å²) >= 11 is 0. The van der Waals surface area contributed by atoms with Crippen LogP contribution in [0.25, 0.3) is 0 Å². The monoisotopic (exact) mass is 262 g/mol. The zero-order valence-corrected chi connectivity index (χ0v) is 11.5. The fourth-order valence-corrected chi connectivity index (χ4v) is 2.57. The van der Waals surface area contributed by atoms with Gasteiger partial charge in [0.25, 0.3) is 0 Å². The number of methoxy groups -OCH3 is 2. The molecule has 4 nitrogen and oxygen atoms in total. The van der Waals surface area contributed by atoms with Crippen molar-refractivity contribution in [2.45, 2.75) is 31.6 Å². The van der Waals surface area contributed by atoms with E-state index in [0.29, 0.717) is 36.3 Å². The molecule has 0 heterocycles. The molecule has 1 aliphatic carbocycles. The second kappa shape index (κ2) is 5.03. The van der Waals surface area contributed by atoms with Crippen molar-refractivity contribution in [1.82, 2.24) is 0 Å². The van der Waals surface area contributed by atoms with Gasteiger partial charge in [-0.1, -0.05) is 0 Å². The molecule has 19 heavy (non-hydrogen) atoms. The smallest absolute Gasteiger partial charge is 0.150 e. The highest BCUT2D eigenvalue weighted by molar-refractivity contribution is 6.14. The van der Waals surface area contributed by atoms with Crippen LogP contribution in [0.4, 0.5) is 0 Å². The molecule has 0 amide bonds. The van der Waals surface area contributed by atoms with Crippen LogP contribution in [-0.2, 0) is 15.0 Å². The van der Waals surface area contributed by atoms with Crippen LogP contribution >= 0.6 is 0 Å². The van der Waals surface area contributed by atoms with Crippen molar-refractivity contribution in [2.24, 2.45) is 0 Å². The second-order valence-electron chi connectivity index (χ2n) is 4.89. The van der Waals surface area contributed by atoms with Crippen molar-refractivity contribution in [3.63, 3.8) is 0 Å². The molecule has 1 aromatic carbocycles. The predicted molar refractivity (Wildman–Crippen MR) is 70.8 cm³/mol. The summed E-state index contributed by atoms with van der Waals surface area (Å²) in [5.74, 6) is 1.07. The van der Waals surface area contributed by atoms with Gasteiger partial charge in [-0.2, -0.15) is 0 Å². The van der Waals surface area contributed by atoms with Crippen molar-refractivity contribution in [3.8, 4) is 11.5 Å². The molecule has 0 radical (unpaired) electrons. The number of carbonyl (C=O) groups is 2. The van der Waals surface area contributed by atoms with Gasteiger partial charge in [-0.15, -0.1) is 0 Å². The minimum Gasteiger partial charge on any atom is -0.497 e. The van der Waals surface area contributed by atoms with Crippen LogP contribution in [0.1, 0.15) is 31.7 Å². The van der Waals surface area contributed by atoms with E-state index in [1.807, 2.05) is 0 Å². The molecule has 4 heteroatoms. The minimum atomic E-state index is -1.11. The lowest BCUT2D eigenvalue weighted by Crippen LogP contribution is -2.44. The van der Waals surface area contributed by atoms with E-state index in [1.165, 1.54) is 7.11 Å². The highest BCUT2D eigenvalue weighted by Crippen LogP contribution is 2.40. The van der Waals surface area contributed by atoms with Crippen molar-refractivity contribution in [2.75, 3.05) is 14.2 Å². The van der Waals surface area contributed by atoms with Gasteiger partial charge in [0.15, 0.2) is 11.6 Å². The molecule has 0 saturated heterocycles. The summed E-state index contributed by atoms with van der Waals surface area (Å²) < 4.78 is 10.5. The quantitative estimate of drug-likeness (QED) is 0.784. The summed E-state index contributed by atoms with van der Waals surface area (Å²) in [6, 6.07) is 5.21. The van der Waals surface area contributed by atoms with Crippen LogP contribution < -0.4 is 9.47 Å². The van der Waals surface area contributed by atoms with Crippen LogP contribution in [0.3, 0.4) is 0 Å². The number of ketones is 2. The Labute approximate surface area is 112 Å². The minimum absolute atomic E-state index is 0.0460. The van der Waals surface area contributed by atoms with Gasteiger partial charge in [-0.3, -0.25) is 9.59 Å². The first kappa shape index (κ1) is 13.6. The van der Waals surface area contributed by atoms with Crippen LogP contribution in [0.2, 0.25) is 0 Å². The van der Waals surface area contributed by atoms with E-state index in [2.05, 4.69) is 0 Å². The number of carbonyl (C=O) groups excluding carboxylic acids is 2. The van der Waals surface area contributed by atoms with Gasteiger partial charge in [0, 0.05) is 18.4 Å². The number of hydrogen-bond acceptors (Lipinski definition) is 4. The van der Waals surface area contributed by atoms with Crippen molar-refractivity contribution in [1.29, 1.82) is 0 Å². The SMILES string of the molecule is COc1ccc(OC)c(C2(C)C(=O)CCCC2=O)c1. The first-order valence-electron chi connectivity index (χ1n) is 6.33. The lowest BCUT2D eigenvalue weighted by molar-refractivity contribution is -0.137. The first-order chi connectivity index (χ1) is 9.03. The number of Topliss-reactive ketones (excluding diaryl/α,β-unsaturated/α-hetero) is 2. The molecule has 1 saturated carbocycles. The fourth-order valence-electron chi connectivity index (χ4n) is 2.57. The van der Waals surface area contributed by atoms with Gasteiger partial charge in [-0.05, 0) is 31.5 Å². The first-order valence-corrected chi connectivity index (χ1v) is 6.33. The van der Waals surface area contributed by atoms with Gasteiger partial charge >= 0.3 is 0 Å². The van der Waals surface area contributed by atoms with Gasteiger partial charge < -0.3 is 9.47 Å². The third-order valence-electron chi connectivity index (χ3n) is 3.87. The average molecular weight is 262 g/mol. The molecule has 1 aromatic rings. The lowest BCUT2D eigenvalue weighted by Gasteiger charge is -2.32. The molecule has 102 valence electrons. The Kier molecular flexibility index (Phi) is 3.60. The molecule has 0 atom stereocenters. The highest BCUT2D eigenvalue weighted by Gasteiger charge is 2.45. The molecule has 1 aliphatic rings. The van der Waals surface area contributed by atoms with Crippen LogP contribution in [-0.4, -0.2) is 25.8 Å². The number of rotatable bonds is 3. The highest BCUT2D eigenvalue weighted by atomic mass is 16.5. The number of benzene rings is 1. The average Bonchev–Trinajstić information content (AvgIpc) is 2.44. The Morgan fingerprint density at radius 3 is 2.21 bits per heavy atom. The molecule has 0 unspecified atom stereocenters. The largest absolute Gasteiger partial charge is 0.497 e. The Hall–Kier alpha value is -1.84. The van der Waals surface area contributed by atoms with E-state index >= 15 is 0 Å². The van der Waals surface area contributed by atoms with Gasteiger partial charge in [0.1, 0.15) is 16.9 Å². The Morgan fingerprint density at radius 2 is 1.68 bits per heavy atom. The molecule has 1 fully saturated rings.